The molecule has 3 rings (SSSR count). The molecule has 0 spiro atoms. The van der Waals surface area contributed by atoms with Gasteiger partial charge in [-0.2, -0.15) is 10.1 Å². The van der Waals surface area contributed by atoms with Crippen LogP contribution in [0.5, 0.6) is 5.75 Å². The SMILES string of the molecule is COc1cn(-c2ccccc2)nc1C(=O)OC(C)c1nc(C)no1. The van der Waals surface area contributed by atoms with E-state index in [0.717, 1.165) is 5.69 Å². The highest BCUT2D eigenvalue weighted by atomic mass is 16.6. The summed E-state index contributed by atoms with van der Waals surface area (Å²) in [6.07, 6.45) is 0.929. The van der Waals surface area contributed by atoms with Crippen molar-refractivity contribution in [2.75, 3.05) is 7.11 Å². The zero-order valence-electron chi connectivity index (χ0n) is 13.5. The van der Waals surface area contributed by atoms with E-state index in [1.165, 1.54) is 7.11 Å². The molecule has 8 heteroatoms. The van der Waals surface area contributed by atoms with Crippen LogP contribution < -0.4 is 4.74 Å². The lowest BCUT2D eigenvalue weighted by Crippen LogP contribution is -2.11. The standard InChI is InChI=1S/C16H16N4O4/c1-10(15-17-11(2)19-24-15)23-16(21)14-13(22-3)9-20(18-14)12-7-5-4-6-8-12/h4-10H,1-3H3. The summed E-state index contributed by atoms with van der Waals surface area (Å²) >= 11 is 0. The number of methoxy groups -OCH3 is 1. The number of esters is 1. The summed E-state index contributed by atoms with van der Waals surface area (Å²) in [6.45, 7) is 3.33. The van der Waals surface area contributed by atoms with Crippen LogP contribution in [0.4, 0.5) is 0 Å². The molecule has 2 aromatic heterocycles. The summed E-state index contributed by atoms with van der Waals surface area (Å²) in [5.41, 5.74) is 0.875. The summed E-state index contributed by atoms with van der Waals surface area (Å²) in [4.78, 5) is 16.4. The lowest BCUT2D eigenvalue weighted by atomic mass is 10.3. The molecule has 8 nitrogen and oxygen atoms in total. The quantitative estimate of drug-likeness (QED) is 0.664. The molecule has 0 fully saturated rings. The van der Waals surface area contributed by atoms with E-state index in [9.17, 15) is 4.79 Å². The van der Waals surface area contributed by atoms with E-state index in [0.29, 0.717) is 11.6 Å². The molecule has 0 amide bonds. The summed E-state index contributed by atoms with van der Waals surface area (Å²) in [6, 6.07) is 9.38. The molecule has 0 saturated carbocycles. The van der Waals surface area contributed by atoms with Crippen molar-refractivity contribution in [1.82, 2.24) is 19.9 Å². The molecule has 2 heterocycles. The molecular formula is C16H16N4O4. The minimum atomic E-state index is -0.690. The Hall–Kier alpha value is -3.16. The van der Waals surface area contributed by atoms with Crippen LogP contribution in [0.2, 0.25) is 0 Å². The first kappa shape index (κ1) is 15.7. The van der Waals surface area contributed by atoms with Crippen LogP contribution in [-0.4, -0.2) is 33.0 Å². The van der Waals surface area contributed by atoms with Crippen molar-refractivity contribution in [1.29, 1.82) is 0 Å². The van der Waals surface area contributed by atoms with Gasteiger partial charge >= 0.3 is 5.97 Å². The Morgan fingerprint density at radius 1 is 1.29 bits per heavy atom. The molecule has 0 aliphatic rings. The van der Waals surface area contributed by atoms with Gasteiger partial charge in [-0.15, -0.1) is 0 Å². The first-order valence-electron chi connectivity index (χ1n) is 7.28. The largest absolute Gasteiger partial charge is 0.493 e. The van der Waals surface area contributed by atoms with Gasteiger partial charge in [0.2, 0.25) is 5.69 Å². The average molecular weight is 328 g/mol. The number of aryl methyl sites for hydroxylation is 1. The molecule has 0 aliphatic heterocycles. The highest BCUT2D eigenvalue weighted by Crippen LogP contribution is 2.23. The molecule has 0 aliphatic carbocycles. The number of rotatable bonds is 5. The van der Waals surface area contributed by atoms with Crippen molar-refractivity contribution >= 4 is 5.97 Å². The number of aromatic nitrogens is 4. The van der Waals surface area contributed by atoms with Crippen LogP contribution in [0, 0.1) is 6.92 Å². The number of carbonyl (C=O) groups is 1. The van der Waals surface area contributed by atoms with Crippen LogP contribution in [0.15, 0.2) is 41.1 Å². The van der Waals surface area contributed by atoms with Gasteiger partial charge in [0.05, 0.1) is 19.0 Å². The Bertz CT molecular complexity index is 841. The molecule has 0 bridgehead atoms. The number of hydrogen-bond donors (Lipinski definition) is 0. The second kappa shape index (κ2) is 6.53. The maximum absolute atomic E-state index is 12.4. The topological polar surface area (TPSA) is 92.3 Å². The van der Waals surface area contributed by atoms with Crippen molar-refractivity contribution in [3.63, 3.8) is 0 Å². The van der Waals surface area contributed by atoms with Gasteiger partial charge in [0, 0.05) is 0 Å². The van der Waals surface area contributed by atoms with Gasteiger partial charge in [-0.25, -0.2) is 9.48 Å². The van der Waals surface area contributed by atoms with Gasteiger partial charge in [-0.1, -0.05) is 23.4 Å². The molecular weight excluding hydrogens is 312 g/mol. The van der Waals surface area contributed by atoms with E-state index in [1.54, 1.807) is 24.7 Å². The van der Waals surface area contributed by atoms with E-state index in [1.807, 2.05) is 30.3 Å². The van der Waals surface area contributed by atoms with Crippen molar-refractivity contribution in [2.45, 2.75) is 20.0 Å². The number of ether oxygens (including phenoxy) is 2. The van der Waals surface area contributed by atoms with Gasteiger partial charge in [0.1, 0.15) is 0 Å². The third-order valence-electron chi connectivity index (χ3n) is 3.29. The zero-order valence-corrected chi connectivity index (χ0v) is 13.5. The van der Waals surface area contributed by atoms with Crippen molar-refractivity contribution in [2.24, 2.45) is 0 Å². The van der Waals surface area contributed by atoms with Gasteiger partial charge in [0.15, 0.2) is 17.7 Å². The Morgan fingerprint density at radius 2 is 2.04 bits per heavy atom. The molecule has 0 N–H and O–H groups in total. The normalized spacial score (nSPS) is 12.0. The maximum Gasteiger partial charge on any atom is 0.363 e. The van der Waals surface area contributed by atoms with E-state index in [4.69, 9.17) is 14.0 Å². The lowest BCUT2D eigenvalue weighted by molar-refractivity contribution is 0.0255. The first-order valence-corrected chi connectivity index (χ1v) is 7.28. The minimum absolute atomic E-state index is 0.0736. The molecule has 0 radical (unpaired) electrons. The van der Waals surface area contributed by atoms with Crippen molar-refractivity contribution in [3.8, 4) is 11.4 Å². The highest BCUT2D eigenvalue weighted by Gasteiger charge is 2.24. The first-order chi connectivity index (χ1) is 11.6. The van der Waals surface area contributed by atoms with Crippen LogP contribution in [0.3, 0.4) is 0 Å². The molecule has 1 unspecified atom stereocenters. The van der Waals surface area contributed by atoms with Gasteiger partial charge in [-0.3, -0.25) is 0 Å². The molecule has 124 valence electrons. The maximum atomic E-state index is 12.4. The molecule has 3 aromatic rings. The smallest absolute Gasteiger partial charge is 0.363 e. The van der Waals surface area contributed by atoms with Crippen LogP contribution >= 0.6 is 0 Å². The number of hydrogen-bond acceptors (Lipinski definition) is 7. The third-order valence-corrected chi connectivity index (χ3v) is 3.29. The van der Waals surface area contributed by atoms with E-state index in [2.05, 4.69) is 15.2 Å². The zero-order chi connectivity index (χ0) is 17.1. The highest BCUT2D eigenvalue weighted by molar-refractivity contribution is 5.90. The number of para-hydroxylation sites is 1. The fourth-order valence-electron chi connectivity index (χ4n) is 2.11. The summed E-state index contributed by atoms with van der Waals surface area (Å²) in [7, 11) is 1.47. The molecule has 1 atom stereocenters. The number of carbonyl (C=O) groups excluding carboxylic acids is 1. The second-order valence-corrected chi connectivity index (χ2v) is 5.05. The van der Waals surface area contributed by atoms with Crippen LogP contribution in [0.1, 0.15) is 35.2 Å². The summed E-state index contributed by atoms with van der Waals surface area (Å²) < 4.78 is 17.1. The molecule has 24 heavy (non-hydrogen) atoms. The monoisotopic (exact) mass is 328 g/mol. The lowest BCUT2D eigenvalue weighted by Gasteiger charge is -2.08. The van der Waals surface area contributed by atoms with E-state index < -0.39 is 12.1 Å². The molecule has 0 saturated heterocycles. The van der Waals surface area contributed by atoms with Crippen LogP contribution in [0.25, 0.3) is 5.69 Å². The number of benzene rings is 1. The summed E-state index contributed by atoms with van der Waals surface area (Å²) in [5.74, 6) is 0.379. The van der Waals surface area contributed by atoms with Gasteiger partial charge in [-0.05, 0) is 26.0 Å². The Morgan fingerprint density at radius 3 is 2.67 bits per heavy atom. The third kappa shape index (κ3) is 3.12. The molecule has 1 aromatic carbocycles. The summed E-state index contributed by atoms with van der Waals surface area (Å²) in [5, 5.41) is 7.93. The Balaban J connectivity index is 1.83. The predicted octanol–water partition coefficient (Wildman–Crippen LogP) is 2.49. The van der Waals surface area contributed by atoms with Crippen molar-refractivity contribution in [3.05, 3.63) is 53.9 Å². The second-order valence-electron chi connectivity index (χ2n) is 5.05. The van der Waals surface area contributed by atoms with E-state index in [-0.39, 0.29) is 11.6 Å². The fourth-order valence-corrected chi connectivity index (χ4v) is 2.11. The van der Waals surface area contributed by atoms with Gasteiger partial charge in [0.25, 0.3) is 5.89 Å². The number of nitrogens with zero attached hydrogens (tertiary/aromatic N) is 4. The Labute approximate surface area is 138 Å². The average Bonchev–Trinajstić information content (AvgIpc) is 3.22. The minimum Gasteiger partial charge on any atom is -0.493 e. The van der Waals surface area contributed by atoms with Gasteiger partial charge < -0.3 is 14.0 Å². The van der Waals surface area contributed by atoms with Crippen molar-refractivity contribution < 1.29 is 18.8 Å². The van der Waals surface area contributed by atoms with E-state index >= 15 is 0 Å². The predicted molar refractivity (Wildman–Crippen MR) is 83.0 cm³/mol. The Kier molecular flexibility index (Phi) is 4.28. The van der Waals surface area contributed by atoms with Crippen LogP contribution in [-0.2, 0) is 4.74 Å². The fraction of sp³-hybridized carbons (Fsp3) is 0.250.